The van der Waals surface area contributed by atoms with Crippen LogP contribution in [0.25, 0.3) is 22.1 Å². The second-order valence-electron chi connectivity index (χ2n) is 6.63. The molecule has 0 bridgehead atoms. The van der Waals surface area contributed by atoms with E-state index in [9.17, 15) is 4.79 Å². The summed E-state index contributed by atoms with van der Waals surface area (Å²) < 4.78 is 22.7. The maximum Gasteiger partial charge on any atom is 0.200 e. The van der Waals surface area contributed by atoms with Crippen LogP contribution >= 0.6 is 0 Å². The molecule has 2 heterocycles. The smallest absolute Gasteiger partial charge is 0.200 e. The Hall–Kier alpha value is -2.95. The van der Waals surface area contributed by atoms with Gasteiger partial charge in [0.1, 0.15) is 30.3 Å². The average Bonchev–Trinajstić information content (AvgIpc) is 2.68. The number of benzene rings is 2. The summed E-state index contributed by atoms with van der Waals surface area (Å²) in [6.45, 7) is 4.94. The van der Waals surface area contributed by atoms with E-state index in [1.165, 1.54) is 0 Å². The lowest BCUT2D eigenvalue weighted by atomic mass is 9.99. The first-order valence-electron chi connectivity index (χ1n) is 9.16. The molecule has 0 radical (unpaired) electrons. The summed E-state index contributed by atoms with van der Waals surface area (Å²) >= 11 is 0. The first-order chi connectivity index (χ1) is 13.1. The van der Waals surface area contributed by atoms with Crippen molar-refractivity contribution in [2.24, 2.45) is 0 Å². The van der Waals surface area contributed by atoms with Gasteiger partial charge in [-0.15, -0.1) is 0 Å². The second kappa shape index (κ2) is 6.99. The Bertz CT molecular complexity index is 1060. The van der Waals surface area contributed by atoms with Crippen molar-refractivity contribution in [2.45, 2.75) is 26.7 Å². The lowest BCUT2D eigenvalue weighted by Gasteiger charge is -2.19. The Morgan fingerprint density at radius 1 is 1.07 bits per heavy atom. The lowest BCUT2D eigenvalue weighted by Crippen LogP contribution is -2.15. The van der Waals surface area contributed by atoms with Crippen molar-refractivity contribution in [1.29, 1.82) is 0 Å². The van der Waals surface area contributed by atoms with Gasteiger partial charge in [0.2, 0.25) is 5.43 Å². The van der Waals surface area contributed by atoms with E-state index in [1.54, 1.807) is 14.0 Å². The van der Waals surface area contributed by atoms with Gasteiger partial charge in [0.05, 0.1) is 18.1 Å². The van der Waals surface area contributed by atoms with Gasteiger partial charge < -0.3 is 18.6 Å². The molecule has 0 saturated heterocycles. The van der Waals surface area contributed by atoms with Crippen molar-refractivity contribution in [3.05, 3.63) is 51.9 Å². The zero-order chi connectivity index (χ0) is 19.0. The van der Waals surface area contributed by atoms with Gasteiger partial charge in [-0.3, -0.25) is 4.79 Å². The molecule has 0 unspecified atom stereocenters. The third-order valence-electron chi connectivity index (χ3n) is 4.82. The highest BCUT2D eigenvalue weighted by atomic mass is 16.6. The quantitative estimate of drug-likeness (QED) is 0.680. The number of fused-ring (bicyclic) bond motifs is 2. The molecule has 0 saturated carbocycles. The minimum absolute atomic E-state index is 0.0505. The van der Waals surface area contributed by atoms with Crippen LogP contribution in [0.3, 0.4) is 0 Å². The first kappa shape index (κ1) is 17.5. The summed E-state index contributed by atoms with van der Waals surface area (Å²) in [5.41, 5.74) is 2.81. The number of hydrogen-bond donors (Lipinski definition) is 0. The fourth-order valence-corrected chi connectivity index (χ4v) is 3.57. The van der Waals surface area contributed by atoms with Crippen LogP contribution in [0.4, 0.5) is 0 Å². The van der Waals surface area contributed by atoms with Crippen molar-refractivity contribution in [3.8, 4) is 28.4 Å². The van der Waals surface area contributed by atoms with Crippen molar-refractivity contribution in [1.82, 2.24) is 0 Å². The zero-order valence-corrected chi connectivity index (χ0v) is 15.8. The molecule has 5 nitrogen and oxygen atoms in total. The topological polar surface area (TPSA) is 57.9 Å². The Balaban J connectivity index is 1.92. The predicted octanol–water partition coefficient (Wildman–Crippen LogP) is 4.50. The molecule has 2 aromatic carbocycles. The predicted molar refractivity (Wildman–Crippen MR) is 104 cm³/mol. The van der Waals surface area contributed by atoms with E-state index in [1.807, 2.05) is 30.3 Å². The van der Waals surface area contributed by atoms with E-state index >= 15 is 0 Å². The Morgan fingerprint density at radius 2 is 1.85 bits per heavy atom. The number of aryl methyl sites for hydroxylation is 2. The standard InChI is InChI=1S/C22H22O5/c1-4-5-14-10-16-19(12-18(14)24-3)27-13(2)21(22(16)23)15-6-7-17-20(11-15)26-9-8-25-17/h6-7,10-12H,4-5,8-9H2,1-3H3. The van der Waals surface area contributed by atoms with Gasteiger partial charge in [0.25, 0.3) is 0 Å². The number of rotatable bonds is 4. The minimum atomic E-state index is -0.0505. The van der Waals surface area contributed by atoms with Crippen molar-refractivity contribution in [3.63, 3.8) is 0 Å². The van der Waals surface area contributed by atoms with Gasteiger partial charge in [-0.05, 0) is 42.7 Å². The fraction of sp³-hybridized carbons (Fsp3) is 0.318. The summed E-state index contributed by atoms with van der Waals surface area (Å²) in [6, 6.07) is 9.25. The molecule has 0 fully saturated rings. The van der Waals surface area contributed by atoms with Crippen LogP contribution < -0.4 is 19.6 Å². The van der Waals surface area contributed by atoms with E-state index in [0.717, 1.165) is 29.7 Å². The summed E-state index contributed by atoms with van der Waals surface area (Å²) in [6.07, 6.45) is 1.81. The largest absolute Gasteiger partial charge is 0.496 e. The Morgan fingerprint density at radius 3 is 2.59 bits per heavy atom. The number of methoxy groups -OCH3 is 1. The monoisotopic (exact) mass is 366 g/mol. The number of ether oxygens (including phenoxy) is 3. The van der Waals surface area contributed by atoms with E-state index in [2.05, 4.69) is 6.92 Å². The van der Waals surface area contributed by atoms with Gasteiger partial charge in [-0.1, -0.05) is 19.4 Å². The van der Waals surface area contributed by atoms with Crippen molar-refractivity contribution in [2.75, 3.05) is 20.3 Å². The molecule has 0 spiro atoms. The van der Waals surface area contributed by atoms with Crippen LogP contribution in [0.2, 0.25) is 0 Å². The van der Waals surface area contributed by atoms with Gasteiger partial charge >= 0.3 is 0 Å². The second-order valence-corrected chi connectivity index (χ2v) is 6.63. The molecule has 27 heavy (non-hydrogen) atoms. The molecule has 0 aliphatic carbocycles. The summed E-state index contributed by atoms with van der Waals surface area (Å²) in [5, 5.41) is 0.565. The molecule has 3 aromatic rings. The van der Waals surface area contributed by atoms with Gasteiger partial charge in [-0.25, -0.2) is 0 Å². The molecular weight excluding hydrogens is 344 g/mol. The highest BCUT2D eigenvalue weighted by molar-refractivity contribution is 5.85. The van der Waals surface area contributed by atoms with E-state index in [0.29, 0.717) is 47.0 Å². The van der Waals surface area contributed by atoms with Gasteiger partial charge in [0.15, 0.2) is 11.5 Å². The summed E-state index contributed by atoms with van der Waals surface area (Å²) in [5.74, 6) is 2.66. The van der Waals surface area contributed by atoms with Crippen LogP contribution in [-0.2, 0) is 6.42 Å². The minimum Gasteiger partial charge on any atom is -0.496 e. The zero-order valence-electron chi connectivity index (χ0n) is 15.8. The molecule has 1 aromatic heterocycles. The molecule has 0 atom stereocenters. The van der Waals surface area contributed by atoms with Crippen LogP contribution in [0.1, 0.15) is 24.7 Å². The lowest BCUT2D eigenvalue weighted by molar-refractivity contribution is 0.171. The van der Waals surface area contributed by atoms with Gasteiger partial charge in [-0.2, -0.15) is 0 Å². The highest BCUT2D eigenvalue weighted by Gasteiger charge is 2.19. The summed E-state index contributed by atoms with van der Waals surface area (Å²) in [4.78, 5) is 13.3. The third-order valence-corrected chi connectivity index (χ3v) is 4.82. The SMILES string of the molecule is CCCc1cc2c(=O)c(-c3ccc4c(c3)OCCO4)c(C)oc2cc1OC. The fourth-order valence-electron chi connectivity index (χ4n) is 3.57. The molecule has 0 amide bonds. The maximum absolute atomic E-state index is 13.3. The normalized spacial score (nSPS) is 13.0. The molecule has 1 aliphatic heterocycles. The Labute approximate surface area is 157 Å². The molecule has 0 N–H and O–H groups in total. The van der Waals surface area contributed by atoms with E-state index in [4.69, 9.17) is 18.6 Å². The van der Waals surface area contributed by atoms with Crippen molar-refractivity contribution >= 4 is 11.0 Å². The molecular formula is C22H22O5. The Kier molecular flexibility index (Phi) is 4.52. The van der Waals surface area contributed by atoms with Gasteiger partial charge in [0, 0.05) is 6.07 Å². The van der Waals surface area contributed by atoms with Crippen molar-refractivity contribution < 1.29 is 18.6 Å². The number of hydrogen-bond acceptors (Lipinski definition) is 5. The van der Waals surface area contributed by atoms with Crippen LogP contribution in [0.5, 0.6) is 17.2 Å². The molecule has 140 valence electrons. The highest BCUT2D eigenvalue weighted by Crippen LogP contribution is 2.36. The molecule has 4 rings (SSSR count). The average molecular weight is 366 g/mol. The van der Waals surface area contributed by atoms with Crippen LogP contribution in [0.15, 0.2) is 39.5 Å². The maximum atomic E-state index is 13.3. The van der Waals surface area contributed by atoms with E-state index in [-0.39, 0.29) is 5.43 Å². The first-order valence-corrected chi connectivity index (χ1v) is 9.16. The van der Waals surface area contributed by atoms with Crippen LogP contribution in [0, 0.1) is 6.92 Å². The molecule has 1 aliphatic rings. The van der Waals surface area contributed by atoms with E-state index < -0.39 is 0 Å². The molecule has 5 heteroatoms. The third kappa shape index (κ3) is 3.03. The summed E-state index contributed by atoms with van der Waals surface area (Å²) in [7, 11) is 1.63. The van der Waals surface area contributed by atoms with Crippen LogP contribution in [-0.4, -0.2) is 20.3 Å².